The van der Waals surface area contributed by atoms with Crippen molar-refractivity contribution in [1.82, 2.24) is 19.5 Å². The van der Waals surface area contributed by atoms with Crippen molar-refractivity contribution in [2.24, 2.45) is 0 Å². The number of aliphatic carboxylic acids is 1. The molecule has 5 rings (SSSR count). The van der Waals surface area contributed by atoms with E-state index in [1.165, 1.54) is 6.26 Å². The Hall–Kier alpha value is -3.96. The molecule has 0 radical (unpaired) electrons. The minimum Gasteiger partial charge on any atom is -0.480 e. The van der Waals surface area contributed by atoms with Gasteiger partial charge in [0.25, 0.3) is 0 Å². The van der Waals surface area contributed by atoms with Gasteiger partial charge in [-0.25, -0.2) is 12.9 Å². The highest BCUT2D eigenvalue weighted by Gasteiger charge is 2.19. The van der Waals surface area contributed by atoms with Gasteiger partial charge < -0.3 is 15.3 Å². The van der Waals surface area contributed by atoms with Gasteiger partial charge in [-0.3, -0.25) is 9.69 Å². The highest BCUT2D eigenvalue weighted by molar-refractivity contribution is 7.90. The zero-order valence-electron chi connectivity index (χ0n) is 19.7. The zero-order chi connectivity index (χ0) is 25.3. The quantitative estimate of drug-likeness (QED) is 0.390. The number of sulfone groups is 1. The summed E-state index contributed by atoms with van der Waals surface area (Å²) >= 11 is 0. The van der Waals surface area contributed by atoms with Crippen molar-refractivity contribution in [2.75, 3.05) is 49.2 Å². The molecule has 10 nitrogen and oxygen atoms in total. The predicted molar refractivity (Wildman–Crippen MR) is 138 cm³/mol. The van der Waals surface area contributed by atoms with Gasteiger partial charge in [0.2, 0.25) is 5.95 Å². The number of piperazine rings is 1. The van der Waals surface area contributed by atoms with E-state index in [1.807, 2.05) is 47.4 Å². The number of rotatable bonds is 7. The maximum Gasteiger partial charge on any atom is 0.317 e. The molecule has 2 aromatic carbocycles. The summed E-state index contributed by atoms with van der Waals surface area (Å²) in [5, 5.41) is 16.8. The molecule has 2 aromatic heterocycles. The second-order valence-electron chi connectivity index (χ2n) is 8.74. The molecule has 0 unspecified atom stereocenters. The Balaban J connectivity index is 1.30. The maximum atomic E-state index is 11.8. The van der Waals surface area contributed by atoms with Gasteiger partial charge in [-0.1, -0.05) is 18.2 Å². The van der Waals surface area contributed by atoms with Gasteiger partial charge in [-0.15, -0.1) is 5.10 Å². The van der Waals surface area contributed by atoms with E-state index in [0.29, 0.717) is 11.6 Å². The van der Waals surface area contributed by atoms with Crippen LogP contribution in [0, 0.1) is 0 Å². The number of benzene rings is 2. The van der Waals surface area contributed by atoms with Crippen molar-refractivity contribution in [3.05, 3.63) is 66.7 Å². The third-order valence-corrected chi connectivity index (χ3v) is 7.29. The Morgan fingerprint density at radius 2 is 1.67 bits per heavy atom. The molecule has 186 valence electrons. The van der Waals surface area contributed by atoms with Crippen LogP contribution in [0.25, 0.3) is 16.9 Å². The molecule has 1 fully saturated rings. The molecule has 0 bridgehead atoms. The van der Waals surface area contributed by atoms with Crippen LogP contribution >= 0.6 is 0 Å². The van der Waals surface area contributed by atoms with E-state index in [1.54, 1.807) is 28.8 Å². The molecule has 11 heteroatoms. The van der Waals surface area contributed by atoms with E-state index in [2.05, 4.69) is 20.3 Å². The molecular weight excluding hydrogens is 480 g/mol. The number of fused-ring (bicyclic) bond motifs is 1. The van der Waals surface area contributed by atoms with E-state index in [0.717, 1.165) is 48.8 Å². The number of carboxylic acids is 1. The summed E-state index contributed by atoms with van der Waals surface area (Å²) in [4.78, 5) is 19.9. The number of hydrogen-bond donors (Lipinski definition) is 2. The molecule has 0 saturated carbocycles. The Morgan fingerprint density at radius 1 is 0.972 bits per heavy atom. The minimum atomic E-state index is -3.26. The average molecular weight is 507 g/mol. The van der Waals surface area contributed by atoms with E-state index in [-0.39, 0.29) is 11.4 Å². The number of carboxylic acid groups (broad SMARTS) is 1. The Bertz CT molecular complexity index is 1490. The molecule has 4 aromatic rings. The number of nitrogens with one attached hydrogen (secondary N) is 1. The monoisotopic (exact) mass is 506 g/mol. The third-order valence-electron chi connectivity index (χ3n) is 6.16. The van der Waals surface area contributed by atoms with Crippen LogP contribution in [0.1, 0.15) is 0 Å². The topological polar surface area (TPSA) is 120 Å². The van der Waals surface area contributed by atoms with Gasteiger partial charge in [0.1, 0.15) is 0 Å². The lowest BCUT2D eigenvalue weighted by Crippen LogP contribution is -2.47. The van der Waals surface area contributed by atoms with Gasteiger partial charge in [0, 0.05) is 49.4 Å². The average Bonchev–Trinajstić information content (AvgIpc) is 3.27. The zero-order valence-corrected chi connectivity index (χ0v) is 20.5. The van der Waals surface area contributed by atoms with Crippen LogP contribution in [0.2, 0.25) is 0 Å². The fourth-order valence-corrected chi connectivity index (χ4v) is 4.92. The summed E-state index contributed by atoms with van der Waals surface area (Å²) in [5.74, 6) is -0.346. The van der Waals surface area contributed by atoms with Crippen molar-refractivity contribution in [1.29, 1.82) is 0 Å². The number of carbonyl (C=O) groups is 1. The lowest BCUT2D eigenvalue weighted by atomic mass is 10.1. The molecule has 0 amide bonds. The molecule has 1 aliphatic heterocycles. The molecule has 36 heavy (non-hydrogen) atoms. The van der Waals surface area contributed by atoms with Crippen LogP contribution in [-0.4, -0.2) is 78.0 Å². The summed E-state index contributed by atoms with van der Waals surface area (Å²) in [7, 11) is -3.26. The van der Waals surface area contributed by atoms with Crippen molar-refractivity contribution >= 4 is 38.8 Å². The number of nitrogens with zero attached hydrogens (tertiary/aromatic N) is 5. The van der Waals surface area contributed by atoms with Gasteiger partial charge in [-0.2, -0.15) is 4.98 Å². The third kappa shape index (κ3) is 5.16. The lowest BCUT2D eigenvalue weighted by Gasteiger charge is -2.35. The Labute approximate surface area is 208 Å². The largest absolute Gasteiger partial charge is 0.480 e. The standard InChI is InChI=1S/C25H26N6O4S/c1-36(34,35)21-11-5-18(6-12-21)22-3-2-4-23-27-25(28-31(22)23)26-19-7-9-20(10-8-19)30-15-13-29(14-16-30)17-24(32)33/h2-12H,13-17H2,1H3,(H,26,28)(H,32,33). The number of hydrogen-bond acceptors (Lipinski definition) is 8. The Kier molecular flexibility index (Phi) is 6.33. The second kappa shape index (κ2) is 9.59. The second-order valence-corrected chi connectivity index (χ2v) is 10.8. The molecule has 1 aliphatic rings. The SMILES string of the molecule is CS(=O)(=O)c1ccc(-c2cccc3nc(Nc4ccc(N5CCN(CC(=O)O)CC5)cc4)nn23)cc1. The number of pyridine rings is 1. The predicted octanol–water partition coefficient (Wildman–Crippen LogP) is 2.75. The van der Waals surface area contributed by atoms with Crippen molar-refractivity contribution < 1.29 is 18.3 Å². The highest BCUT2D eigenvalue weighted by Crippen LogP contribution is 2.25. The summed E-state index contributed by atoms with van der Waals surface area (Å²) in [5.41, 5.74) is 4.22. The maximum absolute atomic E-state index is 11.8. The fourth-order valence-electron chi connectivity index (χ4n) is 4.29. The summed E-state index contributed by atoms with van der Waals surface area (Å²) in [6.45, 7) is 3.08. The van der Waals surface area contributed by atoms with Crippen molar-refractivity contribution in [3.63, 3.8) is 0 Å². The van der Waals surface area contributed by atoms with Gasteiger partial charge in [0.05, 0.1) is 17.1 Å². The molecule has 0 atom stereocenters. The molecule has 0 spiro atoms. The minimum absolute atomic E-state index is 0.0797. The summed E-state index contributed by atoms with van der Waals surface area (Å²) in [6.07, 6.45) is 1.19. The van der Waals surface area contributed by atoms with Gasteiger partial charge >= 0.3 is 5.97 Å². The summed E-state index contributed by atoms with van der Waals surface area (Å²) < 4.78 is 25.3. The molecule has 0 aliphatic carbocycles. The van der Waals surface area contributed by atoms with Crippen molar-refractivity contribution in [3.8, 4) is 11.3 Å². The molecular formula is C25H26N6O4S. The normalized spacial score (nSPS) is 14.8. The van der Waals surface area contributed by atoms with Crippen LogP contribution in [0.4, 0.5) is 17.3 Å². The lowest BCUT2D eigenvalue weighted by molar-refractivity contribution is -0.138. The fraction of sp³-hybridized carbons (Fsp3) is 0.240. The van der Waals surface area contributed by atoms with Crippen LogP contribution in [0.3, 0.4) is 0 Å². The van der Waals surface area contributed by atoms with Crippen LogP contribution in [-0.2, 0) is 14.6 Å². The number of anilines is 3. The first-order valence-corrected chi connectivity index (χ1v) is 13.4. The van der Waals surface area contributed by atoms with E-state index >= 15 is 0 Å². The first-order chi connectivity index (χ1) is 17.3. The van der Waals surface area contributed by atoms with Gasteiger partial charge in [0.15, 0.2) is 15.5 Å². The smallest absolute Gasteiger partial charge is 0.317 e. The van der Waals surface area contributed by atoms with E-state index in [9.17, 15) is 13.2 Å². The van der Waals surface area contributed by atoms with Crippen LogP contribution in [0.5, 0.6) is 0 Å². The van der Waals surface area contributed by atoms with Crippen molar-refractivity contribution in [2.45, 2.75) is 4.90 Å². The molecule has 2 N–H and O–H groups in total. The van der Waals surface area contributed by atoms with E-state index in [4.69, 9.17) is 5.11 Å². The van der Waals surface area contributed by atoms with Gasteiger partial charge in [-0.05, 0) is 48.5 Å². The first kappa shape index (κ1) is 23.8. The molecule has 1 saturated heterocycles. The van der Waals surface area contributed by atoms with E-state index < -0.39 is 15.8 Å². The summed E-state index contributed by atoms with van der Waals surface area (Å²) in [6, 6.07) is 20.4. The molecule has 3 heterocycles. The Morgan fingerprint density at radius 3 is 2.31 bits per heavy atom. The van der Waals surface area contributed by atoms with Crippen LogP contribution in [0.15, 0.2) is 71.6 Å². The number of aromatic nitrogens is 3. The highest BCUT2D eigenvalue weighted by atomic mass is 32.2. The first-order valence-electron chi connectivity index (χ1n) is 11.5. The van der Waals surface area contributed by atoms with Crippen LogP contribution < -0.4 is 10.2 Å².